The van der Waals surface area contributed by atoms with E-state index >= 15 is 0 Å². The van der Waals surface area contributed by atoms with Crippen molar-refractivity contribution >= 4 is 17.3 Å². The van der Waals surface area contributed by atoms with E-state index in [2.05, 4.69) is 12.1 Å². The average Bonchev–Trinajstić information content (AvgIpc) is 3.18. The number of rotatable bonds is 8. The molecule has 0 saturated carbocycles. The van der Waals surface area contributed by atoms with Gasteiger partial charge in [0.2, 0.25) is 5.71 Å². The summed E-state index contributed by atoms with van der Waals surface area (Å²) in [6, 6.07) is 25.5. The van der Waals surface area contributed by atoms with Crippen LogP contribution in [0.1, 0.15) is 35.6 Å². The normalized spacial score (nSPS) is 14.1. The minimum absolute atomic E-state index is 0.229. The Morgan fingerprint density at radius 2 is 1.64 bits per heavy atom. The minimum atomic E-state index is -0.504. The monoisotopic (exact) mass is 441 g/mol. The van der Waals surface area contributed by atoms with Crippen LogP contribution in [0.15, 0.2) is 84.4 Å². The van der Waals surface area contributed by atoms with Gasteiger partial charge in [0.25, 0.3) is 0 Å². The topological polar surface area (TPSA) is 61.6 Å². The van der Waals surface area contributed by atoms with Crippen LogP contribution in [-0.2, 0) is 16.0 Å². The molecule has 0 radical (unpaired) electrons. The number of carbonyl (C=O) groups is 1. The van der Waals surface area contributed by atoms with E-state index in [-0.39, 0.29) is 12.2 Å². The minimum Gasteiger partial charge on any atom is -0.624 e. The zero-order valence-electron chi connectivity index (χ0n) is 18.9. The largest absolute Gasteiger partial charge is 0.624 e. The second kappa shape index (κ2) is 10.2. The third-order valence-corrected chi connectivity index (χ3v) is 5.58. The van der Waals surface area contributed by atoms with Crippen molar-refractivity contribution in [3.05, 3.63) is 112 Å². The van der Waals surface area contributed by atoms with E-state index in [1.54, 1.807) is 6.92 Å². The molecule has 0 atom stereocenters. The molecule has 1 aliphatic carbocycles. The van der Waals surface area contributed by atoms with Crippen LogP contribution in [0.4, 0.5) is 0 Å². The van der Waals surface area contributed by atoms with Gasteiger partial charge in [-0.15, -0.1) is 0 Å². The summed E-state index contributed by atoms with van der Waals surface area (Å²) in [5.74, 6) is 0.161. The van der Waals surface area contributed by atoms with Gasteiger partial charge in [-0.1, -0.05) is 60.7 Å². The van der Waals surface area contributed by atoms with E-state index in [1.165, 1.54) is 12.6 Å². The zero-order valence-corrected chi connectivity index (χ0v) is 18.9. The second-order valence-electron chi connectivity index (χ2n) is 7.83. The van der Waals surface area contributed by atoms with Crippen molar-refractivity contribution in [2.24, 2.45) is 0 Å². The molecule has 0 aliphatic heterocycles. The molecule has 0 amide bonds. The Labute approximate surface area is 194 Å². The predicted octanol–water partition coefficient (Wildman–Crippen LogP) is 5.01. The lowest BCUT2D eigenvalue weighted by Crippen LogP contribution is -2.21. The van der Waals surface area contributed by atoms with Crippen molar-refractivity contribution in [2.75, 3.05) is 20.3 Å². The molecule has 4 rings (SSSR count). The van der Waals surface area contributed by atoms with Gasteiger partial charge >= 0.3 is 5.97 Å². The molecule has 33 heavy (non-hydrogen) atoms. The molecule has 0 fully saturated rings. The van der Waals surface area contributed by atoms with E-state index in [0.29, 0.717) is 29.2 Å². The Hall–Kier alpha value is -3.86. The first-order valence-corrected chi connectivity index (χ1v) is 11.2. The number of carbonyl (C=O) groups excluding carboxylic acids is 1. The summed E-state index contributed by atoms with van der Waals surface area (Å²) in [4.78, 5) is 12.9. The summed E-state index contributed by atoms with van der Waals surface area (Å²) >= 11 is 0. The van der Waals surface area contributed by atoms with Crippen LogP contribution in [0.2, 0.25) is 0 Å². The Balaban J connectivity index is 1.64. The summed E-state index contributed by atoms with van der Waals surface area (Å²) in [5.41, 5.74) is 4.92. The first-order chi connectivity index (χ1) is 16.1. The molecule has 1 aliphatic rings. The van der Waals surface area contributed by atoms with Crippen molar-refractivity contribution in [3.63, 3.8) is 0 Å². The summed E-state index contributed by atoms with van der Waals surface area (Å²) in [6.07, 6.45) is 1.81. The molecule has 0 aromatic heterocycles. The highest BCUT2D eigenvalue weighted by atomic mass is 16.5. The highest BCUT2D eigenvalue weighted by Crippen LogP contribution is 2.40. The summed E-state index contributed by atoms with van der Waals surface area (Å²) in [6.45, 7) is 2.54. The summed E-state index contributed by atoms with van der Waals surface area (Å²) < 4.78 is 12.1. The second-order valence-corrected chi connectivity index (χ2v) is 7.83. The van der Waals surface area contributed by atoms with E-state index in [9.17, 15) is 10.0 Å². The van der Waals surface area contributed by atoms with Gasteiger partial charge in [-0.2, -0.15) is 0 Å². The number of nitrogens with zero attached hydrogens (tertiary/aromatic N) is 1. The lowest BCUT2D eigenvalue weighted by atomic mass is 9.97. The Kier molecular flexibility index (Phi) is 6.89. The number of benzene rings is 3. The highest BCUT2D eigenvalue weighted by molar-refractivity contribution is 6.35. The third kappa shape index (κ3) is 4.82. The van der Waals surface area contributed by atoms with E-state index in [4.69, 9.17) is 9.47 Å². The van der Waals surface area contributed by atoms with Crippen LogP contribution in [0.5, 0.6) is 5.75 Å². The Morgan fingerprint density at radius 3 is 2.30 bits per heavy atom. The van der Waals surface area contributed by atoms with Gasteiger partial charge in [0.1, 0.15) is 18.4 Å². The van der Waals surface area contributed by atoms with E-state index < -0.39 is 5.97 Å². The number of hydrogen-bond donors (Lipinski definition) is 0. The molecule has 0 unspecified atom stereocenters. The van der Waals surface area contributed by atoms with Crippen LogP contribution in [0.3, 0.4) is 0 Å². The van der Waals surface area contributed by atoms with Gasteiger partial charge in [0.05, 0.1) is 18.8 Å². The summed E-state index contributed by atoms with van der Waals surface area (Å²) in [7, 11) is 1.40. The number of fused-ring (bicyclic) bond motifs is 1. The molecule has 0 saturated heterocycles. The molecule has 0 heterocycles. The van der Waals surface area contributed by atoms with Crippen LogP contribution >= 0.6 is 0 Å². The Morgan fingerprint density at radius 1 is 0.939 bits per heavy atom. The molecule has 3 aromatic carbocycles. The van der Waals surface area contributed by atoms with Gasteiger partial charge in [0, 0.05) is 5.57 Å². The quantitative estimate of drug-likeness (QED) is 0.162. The maximum Gasteiger partial charge on any atom is 0.345 e. The maximum absolute atomic E-state index is 12.9. The van der Waals surface area contributed by atoms with Crippen LogP contribution in [0.25, 0.3) is 5.57 Å². The molecule has 0 spiro atoms. The summed E-state index contributed by atoms with van der Waals surface area (Å²) in [5, 5.41) is 12.6. The van der Waals surface area contributed by atoms with Crippen LogP contribution < -0.4 is 4.74 Å². The average molecular weight is 442 g/mol. The number of ether oxygens (including phenoxy) is 2. The fraction of sp³-hybridized carbons (Fsp3) is 0.214. The zero-order chi connectivity index (χ0) is 23.2. The molecular formula is C28H27NO4. The molecular weight excluding hydrogens is 414 g/mol. The molecule has 5 heteroatoms. The first-order valence-electron chi connectivity index (χ1n) is 11.2. The van der Waals surface area contributed by atoms with E-state index in [1.807, 2.05) is 66.7 Å². The van der Waals surface area contributed by atoms with Crippen molar-refractivity contribution < 1.29 is 19.0 Å². The molecule has 168 valence electrons. The van der Waals surface area contributed by atoms with E-state index in [0.717, 1.165) is 28.7 Å². The molecule has 5 nitrogen and oxygen atoms in total. The number of hydroxylamine groups is 1. The fourth-order valence-corrected chi connectivity index (χ4v) is 4.16. The van der Waals surface area contributed by atoms with Gasteiger partial charge in [-0.3, -0.25) is 0 Å². The maximum atomic E-state index is 12.9. The van der Waals surface area contributed by atoms with Crippen LogP contribution in [0, 0.1) is 5.21 Å². The smallest absolute Gasteiger partial charge is 0.345 e. The number of aryl methyl sites for hydroxylation is 1. The predicted molar refractivity (Wildman–Crippen MR) is 129 cm³/mol. The lowest BCUT2D eigenvalue weighted by molar-refractivity contribution is -0.421. The van der Waals surface area contributed by atoms with Crippen molar-refractivity contribution in [1.82, 2.24) is 0 Å². The van der Waals surface area contributed by atoms with Gasteiger partial charge in [-0.05, 0) is 54.7 Å². The third-order valence-electron chi connectivity index (χ3n) is 5.58. The first kappa shape index (κ1) is 22.3. The SMILES string of the molecule is CCOC(=O)C1=C(c2ccccc2)c2ccc(OCCCc3ccccc3)cc2/C1=[N+](\C)[O-]. The molecule has 0 N–H and O–H groups in total. The number of esters is 1. The van der Waals surface area contributed by atoms with Gasteiger partial charge in [-0.25, -0.2) is 9.53 Å². The molecule has 0 bridgehead atoms. The number of hydrogen-bond acceptors (Lipinski definition) is 4. The van der Waals surface area contributed by atoms with Crippen LogP contribution in [-0.4, -0.2) is 36.7 Å². The van der Waals surface area contributed by atoms with Crippen molar-refractivity contribution in [1.29, 1.82) is 0 Å². The lowest BCUT2D eigenvalue weighted by Gasteiger charge is -2.10. The highest BCUT2D eigenvalue weighted by Gasteiger charge is 2.39. The Bertz CT molecular complexity index is 1190. The molecule has 3 aromatic rings. The van der Waals surface area contributed by atoms with Gasteiger partial charge < -0.3 is 14.7 Å². The van der Waals surface area contributed by atoms with Crippen molar-refractivity contribution in [2.45, 2.75) is 19.8 Å². The fourth-order valence-electron chi connectivity index (χ4n) is 4.16. The van der Waals surface area contributed by atoms with Gasteiger partial charge in [0.15, 0.2) is 0 Å². The van der Waals surface area contributed by atoms with Crippen molar-refractivity contribution in [3.8, 4) is 5.75 Å². The standard InChI is InChI=1S/C28H27NO4/c1-3-32-28(30)26-25(21-14-8-5-9-15-21)23-17-16-22(19-24(23)27(26)29(2)31)33-18-10-13-20-11-6-4-7-12-20/h4-9,11-12,14-17,19H,3,10,13,18H2,1-2H3/b29-27-.